The molecule has 0 spiro atoms. The molecule has 0 saturated carbocycles. The Morgan fingerprint density at radius 2 is 1.61 bits per heavy atom. The Labute approximate surface area is 161 Å². The molecule has 0 aliphatic heterocycles. The second kappa shape index (κ2) is 8.68. The number of carbonyl (C=O) groups excluding carboxylic acids is 3. The van der Waals surface area contributed by atoms with Crippen molar-refractivity contribution >= 4 is 23.3 Å². The number of hydrogen-bond donors (Lipinski definition) is 2. The first-order valence-corrected chi connectivity index (χ1v) is 8.59. The van der Waals surface area contributed by atoms with E-state index in [1.165, 1.54) is 19.1 Å². The third-order valence-electron chi connectivity index (χ3n) is 3.94. The van der Waals surface area contributed by atoms with Gasteiger partial charge in [-0.05, 0) is 55.0 Å². The van der Waals surface area contributed by atoms with Crippen molar-refractivity contribution in [3.63, 3.8) is 0 Å². The maximum Gasteiger partial charge on any atom is 0.274 e. The molecule has 0 fully saturated rings. The molecule has 2 aromatic heterocycles. The van der Waals surface area contributed by atoms with Crippen LogP contribution in [0.3, 0.4) is 0 Å². The Kier molecular flexibility index (Phi) is 5.86. The van der Waals surface area contributed by atoms with Gasteiger partial charge in [0.25, 0.3) is 11.8 Å². The first kappa shape index (κ1) is 18.9. The molecule has 3 aromatic rings. The SMILES string of the molecule is CC(=O)c1ccc(NC(=O)c2cccc(C(=O)NCc3cccnc3)n2)cc1. The lowest BCUT2D eigenvalue weighted by Gasteiger charge is -2.08. The number of nitrogens with zero attached hydrogens (tertiary/aromatic N) is 2. The van der Waals surface area contributed by atoms with Crippen LogP contribution in [0.1, 0.15) is 43.8 Å². The van der Waals surface area contributed by atoms with Crippen LogP contribution in [0.2, 0.25) is 0 Å². The van der Waals surface area contributed by atoms with E-state index in [1.54, 1.807) is 48.8 Å². The number of nitrogens with one attached hydrogen (secondary N) is 2. The molecular weight excluding hydrogens is 356 g/mol. The van der Waals surface area contributed by atoms with Crippen LogP contribution in [0.25, 0.3) is 0 Å². The second-order valence-corrected chi connectivity index (χ2v) is 6.04. The van der Waals surface area contributed by atoms with Gasteiger partial charge < -0.3 is 10.6 Å². The van der Waals surface area contributed by atoms with E-state index in [4.69, 9.17) is 0 Å². The minimum Gasteiger partial charge on any atom is -0.347 e. The molecule has 1 aromatic carbocycles. The summed E-state index contributed by atoms with van der Waals surface area (Å²) in [5.41, 5.74) is 2.21. The molecule has 7 heteroatoms. The average molecular weight is 374 g/mol. The number of carbonyl (C=O) groups is 3. The monoisotopic (exact) mass is 374 g/mol. The molecule has 0 bridgehead atoms. The minimum absolute atomic E-state index is 0.0514. The molecule has 0 radical (unpaired) electrons. The lowest BCUT2D eigenvalue weighted by atomic mass is 10.1. The average Bonchev–Trinajstić information content (AvgIpc) is 2.73. The Bertz CT molecular complexity index is 1000. The molecule has 0 unspecified atom stereocenters. The smallest absolute Gasteiger partial charge is 0.274 e. The predicted molar refractivity (Wildman–Crippen MR) is 104 cm³/mol. The molecule has 7 nitrogen and oxygen atoms in total. The fraction of sp³-hybridized carbons (Fsp3) is 0.0952. The van der Waals surface area contributed by atoms with Gasteiger partial charge in [-0.25, -0.2) is 4.98 Å². The van der Waals surface area contributed by atoms with E-state index in [1.807, 2.05) is 6.07 Å². The maximum absolute atomic E-state index is 12.4. The molecule has 0 atom stereocenters. The number of ketones is 1. The zero-order valence-corrected chi connectivity index (χ0v) is 15.2. The van der Waals surface area contributed by atoms with Crippen LogP contribution in [0.15, 0.2) is 67.0 Å². The van der Waals surface area contributed by atoms with E-state index in [-0.39, 0.29) is 23.1 Å². The zero-order valence-electron chi connectivity index (χ0n) is 15.2. The number of pyridine rings is 2. The number of Topliss-reactive ketones (excluding diaryl/α,β-unsaturated/α-hetero) is 1. The third-order valence-corrected chi connectivity index (χ3v) is 3.94. The Morgan fingerprint density at radius 3 is 2.25 bits per heavy atom. The summed E-state index contributed by atoms with van der Waals surface area (Å²) in [5.74, 6) is -0.883. The quantitative estimate of drug-likeness (QED) is 0.646. The topological polar surface area (TPSA) is 101 Å². The summed E-state index contributed by atoms with van der Waals surface area (Å²) in [4.78, 5) is 44.1. The van der Waals surface area contributed by atoms with Gasteiger partial charge in [0.15, 0.2) is 5.78 Å². The van der Waals surface area contributed by atoms with E-state index in [0.717, 1.165) is 5.56 Å². The van der Waals surface area contributed by atoms with Crippen LogP contribution in [0.5, 0.6) is 0 Å². The van der Waals surface area contributed by atoms with Gasteiger partial charge in [0.1, 0.15) is 11.4 Å². The van der Waals surface area contributed by atoms with Gasteiger partial charge in [-0.1, -0.05) is 12.1 Å². The standard InChI is InChI=1S/C21H18N4O3/c1-14(26)16-7-9-17(10-8-16)24-21(28)19-6-2-5-18(25-19)20(27)23-13-15-4-3-11-22-12-15/h2-12H,13H2,1H3,(H,23,27)(H,24,28). The molecule has 3 rings (SSSR count). The normalized spacial score (nSPS) is 10.2. The summed E-state index contributed by atoms with van der Waals surface area (Å²) in [7, 11) is 0. The Morgan fingerprint density at radius 1 is 0.893 bits per heavy atom. The summed E-state index contributed by atoms with van der Waals surface area (Å²) >= 11 is 0. The van der Waals surface area contributed by atoms with Crippen LogP contribution in [-0.2, 0) is 6.54 Å². The fourth-order valence-electron chi connectivity index (χ4n) is 2.45. The van der Waals surface area contributed by atoms with Crippen LogP contribution in [-0.4, -0.2) is 27.6 Å². The van der Waals surface area contributed by atoms with Gasteiger partial charge in [0.2, 0.25) is 0 Å². The largest absolute Gasteiger partial charge is 0.347 e. The molecular formula is C21H18N4O3. The first-order chi connectivity index (χ1) is 13.5. The van der Waals surface area contributed by atoms with Crippen LogP contribution < -0.4 is 10.6 Å². The molecule has 0 aliphatic carbocycles. The molecule has 2 heterocycles. The van der Waals surface area contributed by atoms with Crippen molar-refractivity contribution in [2.24, 2.45) is 0 Å². The highest BCUT2D eigenvalue weighted by Gasteiger charge is 2.13. The maximum atomic E-state index is 12.4. The number of hydrogen-bond acceptors (Lipinski definition) is 5. The van der Waals surface area contributed by atoms with Crippen molar-refractivity contribution in [3.8, 4) is 0 Å². The highest BCUT2D eigenvalue weighted by atomic mass is 16.2. The van der Waals surface area contributed by atoms with E-state index < -0.39 is 5.91 Å². The van der Waals surface area contributed by atoms with Gasteiger partial charge in [-0.2, -0.15) is 0 Å². The van der Waals surface area contributed by atoms with Gasteiger partial charge in [-0.3, -0.25) is 19.4 Å². The summed E-state index contributed by atoms with van der Waals surface area (Å²) in [6, 6.07) is 14.8. The van der Waals surface area contributed by atoms with Crippen molar-refractivity contribution in [3.05, 3.63) is 89.5 Å². The molecule has 140 valence electrons. The van der Waals surface area contributed by atoms with E-state index in [0.29, 0.717) is 17.8 Å². The first-order valence-electron chi connectivity index (χ1n) is 8.59. The van der Waals surface area contributed by atoms with Crippen LogP contribution in [0.4, 0.5) is 5.69 Å². The number of aromatic nitrogens is 2. The zero-order chi connectivity index (χ0) is 19.9. The Balaban J connectivity index is 1.65. The number of rotatable bonds is 6. The molecule has 2 N–H and O–H groups in total. The number of amides is 2. The lowest BCUT2D eigenvalue weighted by molar-refractivity contribution is 0.0944. The van der Waals surface area contributed by atoms with E-state index in [9.17, 15) is 14.4 Å². The van der Waals surface area contributed by atoms with Crippen molar-refractivity contribution in [1.29, 1.82) is 0 Å². The lowest BCUT2D eigenvalue weighted by Crippen LogP contribution is -2.25. The highest BCUT2D eigenvalue weighted by Crippen LogP contribution is 2.11. The summed E-state index contributed by atoms with van der Waals surface area (Å²) in [6.07, 6.45) is 3.32. The van der Waals surface area contributed by atoms with Crippen LogP contribution in [0, 0.1) is 0 Å². The molecule has 2 amide bonds. The van der Waals surface area contributed by atoms with Gasteiger partial charge in [-0.15, -0.1) is 0 Å². The Hall–Kier alpha value is -3.87. The summed E-state index contributed by atoms with van der Waals surface area (Å²) in [6.45, 7) is 1.79. The fourth-order valence-corrected chi connectivity index (χ4v) is 2.45. The third kappa shape index (κ3) is 4.85. The van der Waals surface area contributed by atoms with Crippen LogP contribution >= 0.6 is 0 Å². The van der Waals surface area contributed by atoms with Gasteiger partial charge in [0.05, 0.1) is 0 Å². The molecule has 0 saturated heterocycles. The van der Waals surface area contributed by atoms with E-state index in [2.05, 4.69) is 20.6 Å². The number of anilines is 1. The predicted octanol–water partition coefficient (Wildman–Crippen LogP) is 2.86. The summed E-state index contributed by atoms with van der Waals surface area (Å²) < 4.78 is 0. The van der Waals surface area contributed by atoms with Crippen molar-refractivity contribution in [2.75, 3.05) is 5.32 Å². The molecule has 28 heavy (non-hydrogen) atoms. The van der Waals surface area contributed by atoms with Gasteiger partial charge in [0, 0.05) is 30.2 Å². The van der Waals surface area contributed by atoms with Crippen molar-refractivity contribution < 1.29 is 14.4 Å². The summed E-state index contributed by atoms with van der Waals surface area (Å²) in [5, 5.41) is 5.44. The van der Waals surface area contributed by atoms with Crippen molar-refractivity contribution in [1.82, 2.24) is 15.3 Å². The van der Waals surface area contributed by atoms with Gasteiger partial charge >= 0.3 is 0 Å². The number of benzene rings is 1. The molecule has 0 aliphatic rings. The second-order valence-electron chi connectivity index (χ2n) is 6.04. The highest BCUT2D eigenvalue weighted by molar-refractivity contribution is 6.04. The van der Waals surface area contributed by atoms with Crippen molar-refractivity contribution in [2.45, 2.75) is 13.5 Å². The van der Waals surface area contributed by atoms with E-state index >= 15 is 0 Å². The minimum atomic E-state index is -0.447.